The van der Waals surface area contributed by atoms with E-state index in [1.54, 1.807) is 7.11 Å². The van der Waals surface area contributed by atoms with Gasteiger partial charge in [0.25, 0.3) is 0 Å². The Kier molecular flexibility index (Phi) is 5.29. The molecule has 0 amide bonds. The molecule has 2 aromatic carbocycles. The summed E-state index contributed by atoms with van der Waals surface area (Å²) in [6.45, 7) is 0.467. The van der Waals surface area contributed by atoms with Crippen LogP contribution in [0.25, 0.3) is 0 Å². The van der Waals surface area contributed by atoms with Crippen LogP contribution in [0.2, 0.25) is 5.02 Å². The number of rotatable bonds is 5. The van der Waals surface area contributed by atoms with Crippen molar-refractivity contribution in [2.45, 2.75) is 6.04 Å². The molecule has 0 fully saturated rings. The minimum Gasteiger partial charge on any atom is -0.495 e. The largest absolute Gasteiger partial charge is 0.495 e. The number of nitrogens with two attached hydrogens (primary N) is 1. The van der Waals surface area contributed by atoms with Crippen molar-refractivity contribution in [3.05, 3.63) is 57.5 Å². The van der Waals surface area contributed by atoms with Gasteiger partial charge in [0.15, 0.2) is 0 Å². The van der Waals surface area contributed by atoms with E-state index in [1.165, 1.54) is 0 Å². The maximum atomic E-state index is 6.16. The van der Waals surface area contributed by atoms with Gasteiger partial charge in [0, 0.05) is 16.7 Å². The molecular weight excluding hydrogens is 340 g/mol. The van der Waals surface area contributed by atoms with Gasteiger partial charge in [-0.2, -0.15) is 0 Å². The summed E-state index contributed by atoms with van der Waals surface area (Å²) in [5, 5.41) is 3.98. The Bertz CT molecular complexity index is 592. The van der Waals surface area contributed by atoms with Crippen molar-refractivity contribution in [2.75, 3.05) is 19.0 Å². The zero-order valence-corrected chi connectivity index (χ0v) is 13.4. The molecule has 2 aromatic rings. The lowest BCUT2D eigenvalue weighted by atomic mass is 10.1. The molecule has 0 saturated heterocycles. The number of hydrogen-bond acceptors (Lipinski definition) is 3. The maximum Gasteiger partial charge on any atom is 0.137 e. The number of nitrogens with one attached hydrogen (secondary N) is 1. The second kappa shape index (κ2) is 6.97. The first-order chi connectivity index (χ1) is 9.63. The van der Waals surface area contributed by atoms with E-state index in [0.29, 0.717) is 17.3 Å². The Morgan fingerprint density at radius 3 is 2.70 bits per heavy atom. The zero-order chi connectivity index (χ0) is 14.5. The number of benzene rings is 2. The summed E-state index contributed by atoms with van der Waals surface area (Å²) in [5.74, 6) is 0.661. The lowest BCUT2D eigenvalue weighted by Crippen LogP contribution is -2.20. The molecule has 0 saturated carbocycles. The highest BCUT2D eigenvalue weighted by Crippen LogP contribution is 2.29. The Morgan fingerprint density at radius 1 is 1.30 bits per heavy atom. The average molecular weight is 356 g/mol. The van der Waals surface area contributed by atoms with E-state index in [9.17, 15) is 0 Å². The minimum absolute atomic E-state index is 0.00675. The molecule has 106 valence electrons. The SMILES string of the molecule is COc1ccc(C(CN)Nc2cccc(Br)c2)cc1Cl. The predicted molar refractivity (Wildman–Crippen MR) is 87.6 cm³/mol. The predicted octanol–water partition coefficient (Wildman–Crippen LogP) is 4.22. The van der Waals surface area contributed by atoms with Crippen molar-refractivity contribution in [3.63, 3.8) is 0 Å². The van der Waals surface area contributed by atoms with Crippen LogP contribution in [0.4, 0.5) is 5.69 Å². The first-order valence-electron chi connectivity index (χ1n) is 6.19. The monoisotopic (exact) mass is 354 g/mol. The normalized spacial score (nSPS) is 12.0. The molecule has 0 spiro atoms. The molecule has 3 nitrogen and oxygen atoms in total. The van der Waals surface area contributed by atoms with E-state index in [4.69, 9.17) is 22.1 Å². The zero-order valence-electron chi connectivity index (χ0n) is 11.1. The molecule has 5 heteroatoms. The van der Waals surface area contributed by atoms with Crippen molar-refractivity contribution in [2.24, 2.45) is 5.73 Å². The smallest absolute Gasteiger partial charge is 0.137 e. The molecule has 0 heterocycles. The summed E-state index contributed by atoms with van der Waals surface area (Å²) in [4.78, 5) is 0. The van der Waals surface area contributed by atoms with E-state index in [0.717, 1.165) is 15.7 Å². The van der Waals surface area contributed by atoms with Gasteiger partial charge in [0.2, 0.25) is 0 Å². The Morgan fingerprint density at radius 2 is 2.10 bits per heavy atom. The highest BCUT2D eigenvalue weighted by molar-refractivity contribution is 9.10. The van der Waals surface area contributed by atoms with Gasteiger partial charge < -0.3 is 15.8 Å². The van der Waals surface area contributed by atoms with Crippen molar-refractivity contribution in [3.8, 4) is 5.75 Å². The van der Waals surface area contributed by atoms with E-state index < -0.39 is 0 Å². The second-order valence-corrected chi connectivity index (χ2v) is 5.66. The highest BCUT2D eigenvalue weighted by atomic mass is 79.9. The summed E-state index contributed by atoms with van der Waals surface area (Å²) in [6.07, 6.45) is 0. The number of halogens is 2. The van der Waals surface area contributed by atoms with Gasteiger partial charge >= 0.3 is 0 Å². The molecule has 0 aliphatic heterocycles. The Labute approximate surface area is 132 Å². The molecule has 2 rings (SSSR count). The van der Waals surface area contributed by atoms with Crippen LogP contribution >= 0.6 is 27.5 Å². The van der Waals surface area contributed by atoms with Gasteiger partial charge in [0.05, 0.1) is 18.2 Å². The Hall–Kier alpha value is -1.23. The third-order valence-electron chi connectivity index (χ3n) is 2.98. The molecule has 1 unspecified atom stereocenters. The van der Waals surface area contributed by atoms with Crippen LogP contribution in [0.1, 0.15) is 11.6 Å². The van der Waals surface area contributed by atoms with Gasteiger partial charge in [-0.3, -0.25) is 0 Å². The fourth-order valence-electron chi connectivity index (χ4n) is 1.96. The number of hydrogen-bond donors (Lipinski definition) is 2. The van der Waals surface area contributed by atoms with Crippen LogP contribution in [-0.2, 0) is 0 Å². The van der Waals surface area contributed by atoms with Crippen LogP contribution < -0.4 is 15.8 Å². The first-order valence-corrected chi connectivity index (χ1v) is 7.36. The van der Waals surface area contributed by atoms with Crippen LogP contribution in [0.15, 0.2) is 46.9 Å². The van der Waals surface area contributed by atoms with Crippen molar-refractivity contribution in [1.29, 1.82) is 0 Å². The van der Waals surface area contributed by atoms with Crippen LogP contribution in [-0.4, -0.2) is 13.7 Å². The van der Waals surface area contributed by atoms with E-state index in [1.807, 2.05) is 42.5 Å². The molecule has 0 aliphatic carbocycles. The summed E-state index contributed by atoms with van der Waals surface area (Å²) in [6, 6.07) is 13.6. The fourth-order valence-corrected chi connectivity index (χ4v) is 2.62. The third-order valence-corrected chi connectivity index (χ3v) is 3.77. The van der Waals surface area contributed by atoms with Gasteiger partial charge in [-0.25, -0.2) is 0 Å². The summed E-state index contributed by atoms with van der Waals surface area (Å²) >= 11 is 9.61. The van der Waals surface area contributed by atoms with Gasteiger partial charge in [-0.15, -0.1) is 0 Å². The summed E-state index contributed by atoms with van der Waals surface area (Å²) < 4.78 is 6.18. The third kappa shape index (κ3) is 3.66. The fraction of sp³-hybridized carbons (Fsp3) is 0.200. The lowest BCUT2D eigenvalue weighted by Gasteiger charge is -2.19. The number of methoxy groups -OCH3 is 1. The van der Waals surface area contributed by atoms with E-state index in [-0.39, 0.29) is 6.04 Å². The molecule has 1 atom stereocenters. The first kappa shape index (κ1) is 15.2. The van der Waals surface area contributed by atoms with E-state index in [2.05, 4.69) is 21.2 Å². The van der Waals surface area contributed by atoms with Crippen LogP contribution in [0.5, 0.6) is 5.75 Å². The summed E-state index contributed by atoms with van der Waals surface area (Å²) in [5.41, 5.74) is 7.89. The summed E-state index contributed by atoms with van der Waals surface area (Å²) in [7, 11) is 1.60. The van der Waals surface area contributed by atoms with Crippen molar-refractivity contribution in [1.82, 2.24) is 0 Å². The van der Waals surface area contributed by atoms with Crippen molar-refractivity contribution < 1.29 is 4.74 Å². The quantitative estimate of drug-likeness (QED) is 0.844. The number of ether oxygens (including phenoxy) is 1. The average Bonchev–Trinajstić information content (AvgIpc) is 2.44. The second-order valence-electron chi connectivity index (χ2n) is 4.34. The molecule has 20 heavy (non-hydrogen) atoms. The van der Waals surface area contributed by atoms with Gasteiger partial charge in [-0.05, 0) is 35.9 Å². The van der Waals surface area contributed by atoms with Gasteiger partial charge in [0.1, 0.15) is 5.75 Å². The van der Waals surface area contributed by atoms with Gasteiger partial charge in [-0.1, -0.05) is 39.7 Å². The molecule has 3 N–H and O–H groups in total. The molecule has 0 bridgehead atoms. The molecule has 0 aliphatic rings. The number of anilines is 1. The topological polar surface area (TPSA) is 47.3 Å². The van der Waals surface area contributed by atoms with Crippen LogP contribution in [0, 0.1) is 0 Å². The van der Waals surface area contributed by atoms with Crippen molar-refractivity contribution >= 4 is 33.2 Å². The standard InChI is InChI=1S/C15H16BrClN2O/c1-20-15-6-5-10(7-13(15)17)14(9-18)19-12-4-2-3-11(16)8-12/h2-8,14,19H,9,18H2,1H3. The molecule has 0 aromatic heterocycles. The lowest BCUT2D eigenvalue weighted by molar-refractivity contribution is 0.415. The molecule has 0 radical (unpaired) electrons. The molecular formula is C15H16BrClN2O. The van der Waals surface area contributed by atoms with Crippen LogP contribution in [0.3, 0.4) is 0 Å². The van der Waals surface area contributed by atoms with E-state index >= 15 is 0 Å². The maximum absolute atomic E-state index is 6.16. The highest BCUT2D eigenvalue weighted by Gasteiger charge is 2.12. The Balaban J connectivity index is 2.22. The minimum atomic E-state index is -0.00675.